The van der Waals surface area contributed by atoms with Crippen LogP contribution in [0.25, 0.3) is 0 Å². The molecule has 3 atom stereocenters. The molecule has 6 rings (SSSR count). The van der Waals surface area contributed by atoms with Crippen molar-refractivity contribution in [2.75, 3.05) is 32.8 Å². The van der Waals surface area contributed by atoms with Gasteiger partial charge in [0.1, 0.15) is 0 Å². The van der Waals surface area contributed by atoms with Gasteiger partial charge in [0.2, 0.25) is 0 Å². The minimum Gasteiger partial charge on any atom is -0.377 e. The number of hydrogen-bond acceptors (Lipinski definition) is 7. The van der Waals surface area contributed by atoms with Crippen LogP contribution in [0.15, 0.2) is 85.5 Å². The third kappa shape index (κ3) is 10.9. The fraction of sp³-hybridized carbons (Fsp3) is 0.459. The van der Waals surface area contributed by atoms with Crippen LogP contribution >= 0.6 is 0 Å². The minimum atomic E-state index is -0.119. The molecule has 1 unspecified atom stereocenters. The molecule has 3 N–H and O–H groups in total. The quantitative estimate of drug-likeness (QED) is 0.206. The molecule has 0 spiro atoms. The van der Waals surface area contributed by atoms with E-state index in [2.05, 4.69) is 83.9 Å². The summed E-state index contributed by atoms with van der Waals surface area (Å²) in [5.41, 5.74) is 2.63. The molecule has 2 aliphatic heterocycles. The lowest BCUT2D eigenvalue weighted by Crippen LogP contribution is -2.47. The summed E-state index contributed by atoms with van der Waals surface area (Å²) in [5, 5.41) is 6.24. The number of carbonyl (C=O) groups is 2. The number of hydrogen-bond donors (Lipinski definition) is 3. The van der Waals surface area contributed by atoms with E-state index in [0.717, 1.165) is 65.0 Å². The van der Waals surface area contributed by atoms with E-state index < -0.39 is 0 Å². The first-order valence-electron chi connectivity index (χ1n) is 17.2. The highest BCUT2D eigenvalue weighted by Gasteiger charge is 2.25. The van der Waals surface area contributed by atoms with Crippen molar-refractivity contribution < 1.29 is 14.3 Å². The molecule has 0 bridgehead atoms. The SMILES string of the molecule is CCOC(C)Cn1ccnc1C(=O)N[C@@H]1CCCN(Cc2ccccc2)C1.O=C(N[C@@H]1CCCN(Cc2ccccc2)C1)c1ncc[nH]1. The second kappa shape index (κ2) is 18.3. The summed E-state index contributed by atoms with van der Waals surface area (Å²) in [4.78, 5) is 40.7. The van der Waals surface area contributed by atoms with E-state index in [4.69, 9.17) is 4.74 Å². The van der Waals surface area contributed by atoms with Gasteiger partial charge in [-0.05, 0) is 63.7 Å². The average molecular weight is 655 g/mol. The number of imidazole rings is 2. The van der Waals surface area contributed by atoms with E-state index >= 15 is 0 Å². The lowest BCUT2D eigenvalue weighted by Gasteiger charge is -2.33. The number of aromatic nitrogens is 4. The zero-order valence-electron chi connectivity index (χ0n) is 28.3. The monoisotopic (exact) mass is 654 g/mol. The molecule has 11 nitrogen and oxygen atoms in total. The Labute approximate surface area is 284 Å². The van der Waals surface area contributed by atoms with Gasteiger partial charge in [0, 0.05) is 69.7 Å². The summed E-state index contributed by atoms with van der Waals surface area (Å²) in [6, 6.07) is 21.3. The van der Waals surface area contributed by atoms with Crippen molar-refractivity contribution in [1.29, 1.82) is 0 Å². The largest absolute Gasteiger partial charge is 0.377 e. The summed E-state index contributed by atoms with van der Waals surface area (Å²) < 4.78 is 7.46. The maximum absolute atomic E-state index is 12.7. The van der Waals surface area contributed by atoms with E-state index in [1.165, 1.54) is 11.1 Å². The lowest BCUT2D eigenvalue weighted by molar-refractivity contribution is 0.0626. The molecule has 0 saturated carbocycles. The van der Waals surface area contributed by atoms with Gasteiger partial charge in [0.15, 0.2) is 11.6 Å². The van der Waals surface area contributed by atoms with Crippen LogP contribution in [0, 0.1) is 0 Å². The zero-order valence-corrected chi connectivity index (χ0v) is 28.3. The number of ether oxygens (including phenoxy) is 1. The fourth-order valence-corrected chi connectivity index (χ4v) is 6.49. The molecule has 2 aliphatic rings. The van der Waals surface area contributed by atoms with Crippen LogP contribution in [0.2, 0.25) is 0 Å². The van der Waals surface area contributed by atoms with Gasteiger partial charge >= 0.3 is 0 Å². The highest BCUT2D eigenvalue weighted by atomic mass is 16.5. The van der Waals surface area contributed by atoms with Crippen molar-refractivity contribution in [3.8, 4) is 0 Å². The van der Waals surface area contributed by atoms with Crippen molar-refractivity contribution in [2.45, 2.75) is 77.4 Å². The van der Waals surface area contributed by atoms with Crippen LogP contribution in [-0.2, 0) is 24.4 Å². The second-order valence-electron chi connectivity index (χ2n) is 12.7. The molecule has 48 heavy (non-hydrogen) atoms. The summed E-state index contributed by atoms with van der Waals surface area (Å²) in [6.07, 6.45) is 11.1. The van der Waals surface area contributed by atoms with Crippen LogP contribution < -0.4 is 10.6 Å². The molecule has 0 radical (unpaired) electrons. The normalized spacial score (nSPS) is 19.1. The molecule has 11 heteroatoms. The van der Waals surface area contributed by atoms with Gasteiger partial charge in [-0.3, -0.25) is 19.4 Å². The Hall–Kier alpha value is -4.32. The topological polar surface area (TPSA) is 120 Å². The molecule has 0 aliphatic carbocycles. The van der Waals surface area contributed by atoms with Gasteiger partial charge in [0.25, 0.3) is 11.8 Å². The van der Waals surface area contributed by atoms with E-state index in [0.29, 0.717) is 24.8 Å². The zero-order chi connectivity index (χ0) is 33.6. The molecule has 4 aromatic rings. The Balaban J connectivity index is 0.000000194. The number of carbonyl (C=O) groups excluding carboxylic acids is 2. The number of nitrogens with zero attached hydrogens (tertiary/aromatic N) is 5. The van der Waals surface area contributed by atoms with E-state index in [9.17, 15) is 9.59 Å². The predicted molar refractivity (Wildman–Crippen MR) is 186 cm³/mol. The van der Waals surface area contributed by atoms with Gasteiger partial charge in [-0.25, -0.2) is 9.97 Å². The number of amides is 2. The maximum Gasteiger partial charge on any atom is 0.287 e. The number of likely N-dealkylation sites (tertiary alicyclic amines) is 2. The Morgan fingerprint density at radius 2 is 1.44 bits per heavy atom. The number of nitrogens with one attached hydrogen (secondary N) is 3. The number of H-pyrrole nitrogens is 1. The highest BCUT2D eigenvalue weighted by molar-refractivity contribution is 5.91. The lowest BCUT2D eigenvalue weighted by atomic mass is 10.0. The Bertz CT molecular complexity index is 1510. The third-order valence-corrected chi connectivity index (χ3v) is 8.72. The number of rotatable bonds is 12. The maximum atomic E-state index is 12.7. The van der Waals surface area contributed by atoms with Crippen molar-refractivity contribution in [1.82, 2.24) is 40.0 Å². The summed E-state index contributed by atoms with van der Waals surface area (Å²) >= 11 is 0. The molecule has 2 saturated heterocycles. The molecule has 2 aromatic carbocycles. The third-order valence-electron chi connectivity index (χ3n) is 8.72. The molecule has 2 aromatic heterocycles. The number of aromatic amines is 1. The average Bonchev–Trinajstić information content (AvgIpc) is 3.80. The van der Waals surface area contributed by atoms with Crippen LogP contribution in [0.4, 0.5) is 0 Å². The number of piperidine rings is 2. The van der Waals surface area contributed by atoms with Gasteiger partial charge in [0.05, 0.1) is 12.6 Å². The molecular formula is C37H50N8O3. The first-order valence-corrected chi connectivity index (χ1v) is 17.2. The van der Waals surface area contributed by atoms with Crippen LogP contribution in [0.3, 0.4) is 0 Å². The van der Waals surface area contributed by atoms with Gasteiger partial charge in [-0.1, -0.05) is 60.7 Å². The van der Waals surface area contributed by atoms with Gasteiger partial charge in [-0.15, -0.1) is 0 Å². The summed E-state index contributed by atoms with van der Waals surface area (Å²) in [7, 11) is 0. The predicted octanol–water partition coefficient (Wildman–Crippen LogP) is 4.51. The second-order valence-corrected chi connectivity index (χ2v) is 12.7. The first kappa shape index (κ1) is 35.0. The standard InChI is InChI=1S/C21H30N4O2.C16H20N4O/c1-3-27-17(2)14-25-13-11-22-20(25)21(26)23-19-10-7-12-24(16-19)15-18-8-5-4-6-9-18;21-16(15-17-8-9-18-15)19-14-7-4-10-20(12-14)11-13-5-2-1-3-6-13/h4-6,8-9,11,13,17,19H,3,7,10,12,14-16H2,1-2H3,(H,23,26);1-3,5-6,8-9,14H,4,7,10-12H2,(H,17,18)(H,19,21)/t17?,19-;14-/m11/s1. The van der Waals surface area contributed by atoms with Crippen LogP contribution in [0.5, 0.6) is 0 Å². The Morgan fingerprint density at radius 1 is 0.854 bits per heavy atom. The molecule has 256 valence electrons. The van der Waals surface area contributed by atoms with Crippen molar-refractivity contribution in [3.63, 3.8) is 0 Å². The van der Waals surface area contributed by atoms with E-state index in [-0.39, 0.29) is 30.0 Å². The minimum absolute atomic E-state index is 0.0480. The summed E-state index contributed by atoms with van der Waals surface area (Å²) in [6.45, 7) is 11.1. The van der Waals surface area contributed by atoms with Gasteiger partial charge in [-0.2, -0.15) is 0 Å². The molecule has 2 amide bonds. The van der Waals surface area contributed by atoms with E-state index in [1.807, 2.05) is 36.7 Å². The van der Waals surface area contributed by atoms with Crippen molar-refractivity contribution in [3.05, 3.63) is 108 Å². The molecule has 4 heterocycles. The fourth-order valence-electron chi connectivity index (χ4n) is 6.49. The van der Waals surface area contributed by atoms with Crippen molar-refractivity contribution in [2.24, 2.45) is 0 Å². The van der Waals surface area contributed by atoms with Crippen molar-refractivity contribution >= 4 is 11.8 Å². The van der Waals surface area contributed by atoms with Crippen LogP contribution in [0.1, 0.15) is 71.9 Å². The smallest absolute Gasteiger partial charge is 0.287 e. The van der Waals surface area contributed by atoms with Gasteiger partial charge < -0.3 is 24.9 Å². The van der Waals surface area contributed by atoms with E-state index in [1.54, 1.807) is 18.6 Å². The van der Waals surface area contributed by atoms with Crippen LogP contribution in [-0.4, -0.2) is 92.1 Å². The first-order chi connectivity index (χ1) is 23.5. The molecular weight excluding hydrogens is 604 g/mol. The highest BCUT2D eigenvalue weighted by Crippen LogP contribution is 2.16. The number of benzene rings is 2. The summed E-state index contributed by atoms with van der Waals surface area (Å²) in [5.74, 6) is 0.624. The molecule has 2 fully saturated rings. The Kier molecular flexibility index (Phi) is 13.3. The Morgan fingerprint density at radius 3 is 1.98 bits per heavy atom.